The van der Waals surface area contributed by atoms with Crippen molar-refractivity contribution < 1.29 is 4.39 Å². The van der Waals surface area contributed by atoms with Gasteiger partial charge in [0.1, 0.15) is 5.82 Å². The zero-order valence-corrected chi connectivity index (χ0v) is 12.9. The second-order valence-electron chi connectivity index (χ2n) is 5.81. The highest BCUT2D eigenvalue weighted by Crippen LogP contribution is 2.29. The van der Waals surface area contributed by atoms with E-state index in [2.05, 4.69) is 18.7 Å². The molecule has 2 rings (SSSR count). The van der Waals surface area contributed by atoms with Crippen molar-refractivity contribution in [3.8, 4) is 0 Å². The number of likely N-dealkylation sites (tertiary alicyclic amines) is 1. The molecule has 0 aromatic heterocycles. The molecule has 5 heteroatoms. The summed E-state index contributed by atoms with van der Waals surface area (Å²) in [7, 11) is 0. The van der Waals surface area contributed by atoms with Gasteiger partial charge in [0.2, 0.25) is 0 Å². The van der Waals surface area contributed by atoms with Crippen molar-refractivity contribution in [2.45, 2.75) is 32.9 Å². The van der Waals surface area contributed by atoms with E-state index in [1.807, 2.05) is 0 Å². The van der Waals surface area contributed by atoms with Gasteiger partial charge >= 0.3 is 0 Å². The van der Waals surface area contributed by atoms with Crippen LogP contribution in [0.15, 0.2) is 18.2 Å². The van der Waals surface area contributed by atoms with Crippen molar-refractivity contribution in [2.75, 3.05) is 13.1 Å². The third-order valence-corrected chi connectivity index (χ3v) is 4.11. The molecule has 2 nitrogen and oxygen atoms in total. The van der Waals surface area contributed by atoms with Crippen LogP contribution in [0.3, 0.4) is 0 Å². The summed E-state index contributed by atoms with van der Waals surface area (Å²) >= 11 is 5.80. The van der Waals surface area contributed by atoms with Gasteiger partial charge in [-0.05, 0) is 17.9 Å². The summed E-state index contributed by atoms with van der Waals surface area (Å²) in [6.45, 7) is 6.73. The molecule has 1 heterocycles. The Bertz CT molecular complexity index is 437. The quantitative estimate of drug-likeness (QED) is 0.906. The van der Waals surface area contributed by atoms with Gasteiger partial charge in [0.25, 0.3) is 0 Å². The van der Waals surface area contributed by atoms with E-state index in [-0.39, 0.29) is 34.7 Å². The summed E-state index contributed by atoms with van der Waals surface area (Å²) in [4.78, 5) is 2.25. The van der Waals surface area contributed by atoms with E-state index in [1.54, 1.807) is 18.2 Å². The number of piperidine rings is 1. The van der Waals surface area contributed by atoms with Gasteiger partial charge in [0.15, 0.2) is 0 Å². The van der Waals surface area contributed by atoms with Gasteiger partial charge in [-0.25, -0.2) is 4.39 Å². The molecule has 0 amide bonds. The average Bonchev–Trinajstić information content (AvgIpc) is 2.29. The monoisotopic (exact) mass is 306 g/mol. The highest BCUT2D eigenvalue weighted by atomic mass is 35.5. The molecule has 1 unspecified atom stereocenters. The minimum absolute atomic E-state index is 0. The van der Waals surface area contributed by atoms with Crippen LogP contribution >= 0.6 is 24.0 Å². The topological polar surface area (TPSA) is 29.3 Å². The Balaban J connectivity index is 0.00000180. The first-order chi connectivity index (χ1) is 8.40. The third-order valence-electron chi connectivity index (χ3n) is 3.82. The van der Waals surface area contributed by atoms with Crippen molar-refractivity contribution in [1.29, 1.82) is 0 Å². The van der Waals surface area contributed by atoms with E-state index in [4.69, 9.17) is 17.3 Å². The van der Waals surface area contributed by atoms with E-state index in [0.717, 1.165) is 19.5 Å². The second kappa shape index (κ2) is 6.40. The first kappa shape index (κ1) is 16.7. The van der Waals surface area contributed by atoms with Gasteiger partial charge in [0, 0.05) is 31.2 Å². The van der Waals surface area contributed by atoms with Crippen molar-refractivity contribution >= 4 is 24.0 Å². The third kappa shape index (κ3) is 3.82. The largest absolute Gasteiger partial charge is 0.327 e. The minimum Gasteiger partial charge on any atom is -0.327 e. The number of nitrogens with zero attached hydrogens (tertiary/aromatic N) is 1. The molecule has 1 atom stereocenters. The van der Waals surface area contributed by atoms with E-state index in [0.29, 0.717) is 12.1 Å². The molecular weight excluding hydrogens is 286 g/mol. The van der Waals surface area contributed by atoms with Crippen LogP contribution in [0.2, 0.25) is 5.02 Å². The summed E-state index contributed by atoms with van der Waals surface area (Å²) in [6, 6.07) is 5.39. The average molecular weight is 307 g/mol. The summed E-state index contributed by atoms with van der Waals surface area (Å²) in [5.41, 5.74) is 6.84. The van der Waals surface area contributed by atoms with Gasteiger partial charge in [-0.1, -0.05) is 37.6 Å². The molecule has 1 saturated heterocycles. The van der Waals surface area contributed by atoms with Crippen LogP contribution in [-0.4, -0.2) is 24.0 Å². The lowest BCUT2D eigenvalue weighted by molar-refractivity contribution is 0.0890. The maximum atomic E-state index is 13.8. The zero-order chi connectivity index (χ0) is 13.3. The molecule has 1 fully saturated rings. The Morgan fingerprint density at radius 2 is 2.16 bits per heavy atom. The molecule has 1 aromatic carbocycles. The number of rotatable bonds is 2. The standard InChI is InChI=1S/C14H20ClFN2.ClH/c1-14(2)9-18(7-6-12(14)17)8-10-4-3-5-11(15)13(10)16;/h3-5,12H,6-9,17H2,1-2H3;1H. The maximum Gasteiger partial charge on any atom is 0.146 e. The van der Waals surface area contributed by atoms with Crippen molar-refractivity contribution in [2.24, 2.45) is 11.1 Å². The van der Waals surface area contributed by atoms with Gasteiger partial charge in [0.05, 0.1) is 5.02 Å². The lowest BCUT2D eigenvalue weighted by atomic mass is 9.79. The zero-order valence-electron chi connectivity index (χ0n) is 11.3. The molecule has 108 valence electrons. The highest BCUT2D eigenvalue weighted by Gasteiger charge is 2.33. The fraction of sp³-hybridized carbons (Fsp3) is 0.571. The predicted molar refractivity (Wildman–Crippen MR) is 80.3 cm³/mol. The Kier molecular flexibility index (Phi) is 5.63. The number of hydrogen-bond donors (Lipinski definition) is 1. The Morgan fingerprint density at radius 3 is 2.79 bits per heavy atom. The van der Waals surface area contributed by atoms with E-state index >= 15 is 0 Å². The van der Waals surface area contributed by atoms with Crippen LogP contribution < -0.4 is 5.73 Å². The molecule has 19 heavy (non-hydrogen) atoms. The van der Waals surface area contributed by atoms with Crippen LogP contribution in [0.5, 0.6) is 0 Å². The molecule has 0 saturated carbocycles. The Morgan fingerprint density at radius 1 is 1.47 bits per heavy atom. The molecule has 1 aliphatic heterocycles. The summed E-state index contributed by atoms with van der Waals surface area (Å²) < 4.78 is 13.8. The Labute approximate surface area is 125 Å². The number of hydrogen-bond acceptors (Lipinski definition) is 2. The second-order valence-corrected chi connectivity index (χ2v) is 6.21. The van der Waals surface area contributed by atoms with Gasteiger partial charge < -0.3 is 5.73 Å². The van der Waals surface area contributed by atoms with Crippen LogP contribution in [-0.2, 0) is 6.54 Å². The molecule has 1 aromatic rings. The lowest BCUT2D eigenvalue weighted by Gasteiger charge is -2.42. The summed E-state index contributed by atoms with van der Waals surface area (Å²) in [5.74, 6) is -0.299. The molecule has 1 aliphatic rings. The number of benzene rings is 1. The molecule has 0 radical (unpaired) electrons. The van der Waals surface area contributed by atoms with E-state index < -0.39 is 0 Å². The predicted octanol–water partition coefficient (Wildman–Crippen LogP) is 3.46. The van der Waals surface area contributed by atoms with Gasteiger partial charge in [-0.2, -0.15) is 0 Å². The molecular formula is C14H21Cl2FN2. The van der Waals surface area contributed by atoms with Crippen LogP contribution in [0.25, 0.3) is 0 Å². The lowest BCUT2D eigenvalue weighted by Crippen LogP contribution is -2.52. The summed E-state index contributed by atoms with van der Waals surface area (Å²) in [5, 5.41) is 0.195. The van der Waals surface area contributed by atoms with Crippen molar-refractivity contribution in [3.63, 3.8) is 0 Å². The minimum atomic E-state index is -0.299. The Hall–Kier alpha value is -0.350. The molecule has 0 aliphatic carbocycles. The fourth-order valence-corrected chi connectivity index (χ4v) is 2.73. The van der Waals surface area contributed by atoms with Crippen LogP contribution in [0, 0.1) is 11.2 Å². The highest BCUT2D eigenvalue weighted by molar-refractivity contribution is 6.30. The van der Waals surface area contributed by atoms with E-state index in [1.165, 1.54) is 0 Å². The number of halogens is 3. The normalized spacial score (nSPS) is 22.9. The van der Waals surface area contributed by atoms with Gasteiger partial charge in [-0.3, -0.25) is 4.90 Å². The molecule has 2 N–H and O–H groups in total. The summed E-state index contributed by atoms with van der Waals surface area (Å²) in [6.07, 6.45) is 0.954. The molecule has 0 spiro atoms. The van der Waals surface area contributed by atoms with Crippen molar-refractivity contribution in [1.82, 2.24) is 4.90 Å². The first-order valence-electron chi connectivity index (χ1n) is 6.31. The van der Waals surface area contributed by atoms with Crippen LogP contribution in [0.1, 0.15) is 25.8 Å². The smallest absolute Gasteiger partial charge is 0.146 e. The van der Waals surface area contributed by atoms with Crippen LogP contribution in [0.4, 0.5) is 4.39 Å². The maximum absolute atomic E-state index is 13.8. The number of nitrogens with two attached hydrogens (primary N) is 1. The van der Waals surface area contributed by atoms with E-state index in [9.17, 15) is 4.39 Å². The van der Waals surface area contributed by atoms with Gasteiger partial charge in [-0.15, -0.1) is 12.4 Å². The van der Waals surface area contributed by atoms with Crippen molar-refractivity contribution in [3.05, 3.63) is 34.6 Å². The fourth-order valence-electron chi connectivity index (χ4n) is 2.53. The first-order valence-corrected chi connectivity index (χ1v) is 6.69. The molecule has 0 bridgehead atoms. The SMILES string of the molecule is CC1(C)CN(Cc2cccc(Cl)c2F)CCC1N.Cl.